The molecule has 0 aliphatic carbocycles. The molecule has 0 aliphatic rings. The molecule has 4 heteroatoms. The standard InChI is InChI=1S/C9H15N3O/c1-7-8(4-11-6-12-7)9(2,3)5-13-10/h4,6H,5,10H2,1-3H3. The fourth-order valence-electron chi connectivity index (χ4n) is 1.34. The lowest BCUT2D eigenvalue weighted by Gasteiger charge is -2.24. The Morgan fingerprint density at radius 1 is 1.54 bits per heavy atom. The second-order valence-electron chi connectivity index (χ2n) is 3.72. The van der Waals surface area contributed by atoms with Gasteiger partial charge in [-0.2, -0.15) is 0 Å². The maximum atomic E-state index is 5.06. The Kier molecular flexibility index (Phi) is 2.95. The maximum Gasteiger partial charge on any atom is 0.115 e. The van der Waals surface area contributed by atoms with E-state index < -0.39 is 0 Å². The SMILES string of the molecule is Cc1ncncc1C(C)(C)CON. The summed E-state index contributed by atoms with van der Waals surface area (Å²) in [6, 6.07) is 0. The number of rotatable bonds is 3. The first-order valence-electron chi connectivity index (χ1n) is 4.16. The van der Waals surface area contributed by atoms with Gasteiger partial charge in [0.05, 0.1) is 6.61 Å². The van der Waals surface area contributed by atoms with Gasteiger partial charge in [-0.15, -0.1) is 0 Å². The van der Waals surface area contributed by atoms with Crippen LogP contribution >= 0.6 is 0 Å². The Bertz CT molecular complexity index is 286. The van der Waals surface area contributed by atoms with Crippen molar-refractivity contribution >= 4 is 0 Å². The molecule has 1 aromatic rings. The van der Waals surface area contributed by atoms with E-state index >= 15 is 0 Å². The van der Waals surface area contributed by atoms with Gasteiger partial charge in [0.2, 0.25) is 0 Å². The molecule has 0 atom stereocenters. The Labute approximate surface area is 78.1 Å². The quantitative estimate of drug-likeness (QED) is 0.705. The average molecular weight is 181 g/mol. The molecule has 1 aromatic heterocycles. The van der Waals surface area contributed by atoms with Gasteiger partial charge in [-0.25, -0.2) is 15.9 Å². The minimum Gasteiger partial charge on any atom is -0.304 e. The van der Waals surface area contributed by atoms with Crippen molar-refractivity contribution in [1.29, 1.82) is 0 Å². The third-order valence-electron chi connectivity index (χ3n) is 2.08. The maximum absolute atomic E-state index is 5.06. The van der Waals surface area contributed by atoms with Crippen molar-refractivity contribution in [2.24, 2.45) is 5.90 Å². The molecule has 0 bridgehead atoms. The first-order valence-corrected chi connectivity index (χ1v) is 4.16. The third-order valence-corrected chi connectivity index (χ3v) is 2.08. The van der Waals surface area contributed by atoms with Crippen LogP contribution in [0.5, 0.6) is 0 Å². The Morgan fingerprint density at radius 2 is 2.23 bits per heavy atom. The molecule has 2 N–H and O–H groups in total. The van der Waals surface area contributed by atoms with E-state index in [1.54, 1.807) is 6.20 Å². The van der Waals surface area contributed by atoms with Crippen molar-refractivity contribution in [2.45, 2.75) is 26.2 Å². The summed E-state index contributed by atoms with van der Waals surface area (Å²) in [5.74, 6) is 5.06. The second-order valence-corrected chi connectivity index (χ2v) is 3.72. The Balaban J connectivity index is 2.99. The number of nitrogens with two attached hydrogens (primary N) is 1. The highest BCUT2D eigenvalue weighted by atomic mass is 16.6. The van der Waals surface area contributed by atoms with E-state index in [4.69, 9.17) is 5.90 Å². The number of nitrogens with zero attached hydrogens (tertiary/aromatic N) is 2. The van der Waals surface area contributed by atoms with Crippen LogP contribution in [0.25, 0.3) is 0 Å². The monoisotopic (exact) mass is 181 g/mol. The van der Waals surface area contributed by atoms with E-state index in [0.29, 0.717) is 6.61 Å². The molecule has 4 nitrogen and oxygen atoms in total. The average Bonchev–Trinajstić information content (AvgIpc) is 2.04. The molecule has 0 aromatic carbocycles. The topological polar surface area (TPSA) is 61.0 Å². The molecular weight excluding hydrogens is 166 g/mol. The van der Waals surface area contributed by atoms with Crippen LogP contribution in [-0.4, -0.2) is 16.6 Å². The lowest BCUT2D eigenvalue weighted by Crippen LogP contribution is -2.27. The van der Waals surface area contributed by atoms with Gasteiger partial charge in [0.15, 0.2) is 0 Å². The van der Waals surface area contributed by atoms with Crippen LogP contribution in [0.2, 0.25) is 0 Å². The van der Waals surface area contributed by atoms with Gasteiger partial charge >= 0.3 is 0 Å². The summed E-state index contributed by atoms with van der Waals surface area (Å²) in [7, 11) is 0. The number of hydrogen-bond acceptors (Lipinski definition) is 4. The predicted molar refractivity (Wildman–Crippen MR) is 49.9 cm³/mol. The van der Waals surface area contributed by atoms with Crippen LogP contribution in [-0.2, 0) is 10.3 Å². The van der Waals surface area contributed by atoms with E-state index in [-0.39, 0.29) is 5.41 Å². The van der Waals surface area contributed by atoms with Crippen molar-refractivity contribution in [3.8, 4) is 0 Å². The molecule has 0 spiro atoms. The summed E-state index contributed by atoms with van der Waals surface area (Å²) in [6.07, 6.45) is 3.35. The fraction of sp³-hybridized carbons (Fsp3) is 0.556. The lowest BCUT2D eigenvalue weighted by atomic mass is 9.86. The molecule has 0 fully saturated rings. The van der Waals surface area contributed by atoms with E-state index in [0.717, 1.165) is 11.3 Å². The van der Waals surface area contributed by atoms with Crippen LogP contribution in [0.15, 0.2) is 12.5 Å². The summed E-state index contributed by atoms with van der Waals surface area (Å²) in [6.45, 7) is 6.51. The van der Waals surface area contributed by atoms with Crippen LogP contribution < -0.4 is 5.90 Å². The zero-order chi connectivity index (χ0) is 9.90. The zero-order valence-corrected chi connectivity index (χ0v) is 8.24. The molecule has 0 radical (unpaired) electrons. The van der Waals surface area contributed by atoms with Crippen LogP contribution in [0.3, 0.4) is 0 Å². The molecule has 0 saturated carbocycles. The summed E-state index contributed by atoms with van der Waals surface area (Å²) in [5.41, 5.74) is 1.90. The smallest absolute Gasteiger partial charge is 0.115 e. The minimum atomic E-state index is -0.139. The number of aryl methyl sites for hydroxylation is 1. The molecule has 0 aliphatic heterocycles. The highest BCUT2D eigenvalue weighted by Crippen LogP contribution is 2.23. The van der Waals surface area contributed by atoms with Crippen molar-refractivity contribution in [1.82, 2.24) is 9.97 Å². The normalized spacial score (nSPS) is 11.7. The van der Waals surface area contributed by atoms with Gasteiger partial charge in [0.25, 0.3) is 0 Å². The van der Waals surface area contributed by atoms with Crippen molar-refractivity contribution in [3.05, 3.63) is 23.8 Å². The molecule has 0 unspecified atom stereocenters. The van der Waals surface area contributed by atoms with Gasteiger partial charge in [0.1, 0.15) is 6.33 Å². The first-order chi connectivity index (χ1) is 6.08. The third kappa shape index (κ3) is 2.23. The van der Waals surface area contributed by atoms with Crippen molar-refractivity contribution < 1.29 is 4.84 Å². The van der Waals surface area contributed by atoms with Crippen molar-refractivity contribution in [2.75, 3.05) is 6.61 Å². The molecule has 1 rings (SSSR count). The second kappa shape index (κ2) is 3.81. The summed E-state index contributed by atoms with van der Waals surface area (Å²) in [5, 5.41) is 0. The van der Waals surface area contributed by atoms with Crippen LogP contribution in [0.4, 0.5) is 0 Å². The predicted octanol–water partition coefficient (Wildman–Crippen LogP) is 0.953. The molecular formula is C9H15N3O. The summed E-state index contributed by atoms with van der Waals surface area (Å²) >= 11 is 0. The van der Waals surface area contributed by atoms with Gasteiger partial charge in [-0.05, 0) is 12.5 Å². The van der Waals surface area contributed by atoms with Gasteiger partial charge in [0, 0.05) is 17.3 Å². The summed E-state index contributed by atoms with van der Waals surface area (Å²) < 4.78 is 0. The van der Waals surface area contributed by atoms with Gasteiger partial charge in [-0.1, -0.05) is 13.8 Å². The van der Waals surface area contributed by atoms with E-state index in [1.807, 2.05) is 20.8 Å². The van der Waals surface area contributed by atoms with E-state index in [2.05, 4.69) is 14.8 Å². The van der Waals surface area contributed by atoms with Crippen molar-refractivity contribution in [3.63, 3.8) is 0 Å². The number of aromatic nitrogens is 2. The van der Waals surface area contributed by atoms with E-state index in [9.17, 15) is 0 Å². The van der Waals surface area contributed by atoms with Crippen LogP contribution in [0.1, 0.15) is 25.1 Å². The largest absolute Gasteiger partial charge is 0.304 e. The summed E-state index contributed by atoms with van der Waals surface area (Å²) in [4.78, 5) is 12.8. The number of hydrogen-bond donors (Lipinski definition) is 1. The molecule has 0 saturated heterocycles. The Hall–Kier alpha value is -1.00. The first kappa shape index (κ1) is 10.1. The molecule has 1 heterocycles. The lowest BCUT2D eigenvalue weighted by molar-refractivity contribution is 0.0959. The highest BCUT2D eigenvalue weighted by Gasteiger charge is 2.23. The molecule has 13 heavy (non-hydrogen) atoms. The Morgan fingerprint density at radius 3 is 2.77 bits per heavy atom. The van der Waals surface area contributed by atoms with E-state index in [1.165, 1.54) is 6.33 Å². The highest BCUT2D eigenvalue weighted by molar-refractivity contribution is 5.23. The minimum absolute atomic E-state index is 0.139. The molecule has 72 valence electrons. The molecule has 0 amide bonds. The van der Waals surface area contributed by atoms with Gasteiger partial charge in [-0.3, -0.25) is 0 Å². The zero-order valence-electron chi connectivity index (χ0n) is 8.24. The van der Waals surface area contributed by atoms with Gasteiger partial charge < -0.3 is 4.84 Å². The van der Waals surface area contributed by atoms with Crippen LogP contribution in [0, 0.1) is 6.92 Å². The fourth-order valence-corrected chi connectivity index (χ4v) is 1.34.